The zero-order valence-corrected chi connectivity index (χ0v) is 18.1. The molecule has 2 aliphatic heterocycles. The average molecular weight is 393 g/mol. The van der Waals surface area contributed by atoms with Crippen molar-refractivity contribution in [2.24, 2.45) is 0 Å². The van der Waals surface area contributed by atoms with E-state index in [1.807, 2.05) is 18.5 Å². The first-order valence-electron chi connectivity index (χ1n) is 11.4. The molecule has 1 aromatic heterocycles. The Morgan fingerprint density at radius 3 is 2.52 bits per heavy atom. The molecule has 1 atom stereocenters. The fraction of sp³-hybridized carbons (Fsp3) is 0.560. The molecule has 2 aliphatic rings. The summed E-state index contributed by atoms with van der Waals surface area (Å²) in [6.45, 7) is 10.4. The number of hydrogen-bond acceptors (Lipinski definition) is 4. The Kier molecular flexibility index (Phi) is 6.83. The molecule has 156 valence electrons. The third-order valence-electron chi connectivity index (χ3n) is 6.60. The topological polar surface area (TPSA) is 31.4 Å². The van der Waals surface area contributed by atoms with Gasteiger partial charge in [0.1, 0.15) is 0 Å². The van der Waals surface area contributed by atoms with Crippen molar-refractivity contribution in [2.45, 2.75) is 64.1 Å². The first-order valence-corrected chi connectivity index (χ1v) is 11.4. The number of aromatic nitrogens is 1. The van der Waals surface area contributed by atoms with E-state index < -0.39 is 0 Å². The monoisotopic (exact) mass is 392 g/mol. The van der Waals surface area contributed by atoms with Crippen molar-refractivity contribution in [3.63, 3.8) is 0 Å². The van der Waals surface area contributed by atoms with Gasteiger partial charge in [0, 0.05) is 43.3 Å². The Bertz CT molecular complexity index is 735. The quantitative estimate of drug-likeness (QED) is 0.769. The summed E-state index contributed by atoms with van der Waals surface area (Å²) in [5, 5.41) is 3.80. The van der Waals surface area contributed by atoms with Gasteiger partial charge in [0.05, 0.1) is 0 Å². The fourth-order valence-electron chi connectivity index (χ4n) is 4.85. The molecule has 0 aliphatic carbocycles. The lowest BCUT2D eigenvalue weighted by Gasteiger charge is -2.42. The molecule has 1 N–H and O–H groups in total. The van der Waals surface area contributed by atoms with Crippen molar-refractivity contribution in [2.75, 3.05) is 31.5 Å². The van der Waals surface area contributed by atoms with Crippen LogP contribution in [0.1, 0.15) is 56.6 Å². The van der Waals surface area contributed by atoms with E-state index in [4.69, 9.17) is 0 Å². The minimum Gasteiger partial charge on any atom is -0.381 e. The van der Waals surface area contributed by atoms with Crippen LogP contribution in [0, 0.1) is 0 Å². The summed E-state index contributed by atoms with van der Waals surface area (Å²) in [4.78, 5) is 9.59. The number of likely N-dealkylation sites (tertiary alicyclic amines) is 2. The van der Waals surface area contributed by atoms with Gasteiger partial charge in [0.15, 0.2) is 0 Å². The smallest absolute Gasteiger partial charge is 0.0389 e. The third-order valence-corrected chi connectivity index (χ3v) is 6.60. The van der Waals surface area contributed by atoms with E-state index in [1.165, 1.54) is 68.7 Å². The van der Waals surface area contributed by atoms with Gasteiger partial charge in [-0.05, 0) is 80.6 Å². The maximum atomic E-state index is 4.25. The van der Waals surface area contributed by atoms with E-state index in [1.54, 1.807) is 0 Å². The number of benzene rings is 1. The van der Waals surface area contributed by atoms with E-state index >= 15 is 0 Å². The molecule has 0 unspecified atom stereocenters. The van der Waals surface area contributed by atoms with Crippen LogP contribution in [-0.4, -0.2) is 53.0 Å². The highest BCUT2D eigenvalue weighted by Crippen LogP contribution is 2.24. The fourth-order valence-corrected chi connectivity index (χ4v) is 4.85. The lowest BCUT2D eigenvalue weighted by Crippen LogP contribution is -2.50. The number of piperidine rings is 2. The standard InChI is InChI=1S/C25H36N4/c1-20(2)22-7-9-23(10-8-22)27-24-6-4-14-29(19-24)25-11-15-28(16-12-25)18-21-5-3-13-26-17-21/h3,5,7-10,13,17,20,24-25,27H,4,6,11-12,14-16,18-19H2,1-2H3/t24-/m1/s1. The van der Waals surface area contributed by atoms with Crippen LogP contribution in [-0.2, 0) is 6.54 Å². The number of hydrogen-bond donors (Lipinski definition) is 1. The van der Waals surface area contributed by atoms with E-state index in [0.29, 0.717) is 12.0 Å². The highest BCUT2D eigenvalue weighted by Gasteiger charge is 2.28. The largest absolute Gasteiger partial charge is 0.381 e. The van der Waals surface area contributed by atoms with Crippen molar-refractivity contribution in [3.05, 3.63) is 59.9 Å². The molecule has 0 radical (unpaired) electrons. The molecule has 0 spiro atoms. The molecule has 4 nitrogen and oxygen atoms in total. The summed E-state index contributed by atoms with van der Waals surface area (Å²) in [5.74, 6) is 0.596. The highest BCUT2D eigenvalue weighted by molar-refractivity contribution is 5.46. The zero-order chi connectivity index (χ0) is 20.1. The van der Waals surface area contributed by atoms with E-state index in [2.05, 4.69) is 64.3 Å². The number of anilines is 1. The minimum absolute atomic E-state index is 0.571. The lowest BCUT2D eigenvalue weighted by atomic mass is 9.97. The van der Waals surface area contributed by atoms with Gasteiger partial charge in [-0.1, -0.05) is 32.0 Å². The second-order valence-electron chi connectivity index (χ2n) is 9.12. The maximum Gasteiger partial charge on any atom is 0.0389 e. The van der Waals surface area contributed by atoms with Crippen LogP contribution in [0.15, 0.2) is 48.8 Å². The minimum atomic E-state index is 0.571. The predicted molar refractivity (Wildman–Crippen MR) is 121 cm³/mol. The Hall–Kier alpha value is -1.91. The van der Waals surface area contributed by atoms with Crippen molar-refractivity contribution >= 4 is 5.69 Å². The Balaban J connectivity index is 1.25. The summed E-state index contributed by atoms with van der Waals surface area (Å²) >= 11 is 0. The number of nitrogens with one attached hydrogen (secondary N) is 1. The van der Waals surface area contributed by atoms with Crippen LogP contribution in [0.5, 0.6) is 0 Å². The molecule has 0 bridgehead atoms. The number of pyridine rings is 1. The highest BCUT2D eigenvalue weighted by atomic mass is 15.2. The first-order chi connectivity index (χ1) is 14.2. The van der Waals surface area contributed by atoms with Gasteiger partial charge in [-0.3, -0.25) is 14.8 Å². The van der Waals surface area contributed by atoms with Crippen LogP contribution < -0.4 is 5.32 Å². The summed E-state index contributed by atoms with van der Waals surface area (Å²) in [5.41, 5.74) is 4.02. The number of nitrogens with zero attached hydrogens (tertiary/aromatic N) is 3. The molecule has 0 amide bonds. The first kappa shape index (κ1) is 20.4. The lowest BCUT2D eigenvalue weighted by molar-refractivity contribution is 0.0856. The molecular formula is C25H36N4. The average Bonchev–Trinajstić information content (AvgIpc) is 2.76. The Morgan fingerprint density at radius 2 is 1.83 bits per heavy atom. The molecule has 2 fully saturated rings. The van der Waals surface area contributed by atoms with Gasteiger partial charge >= 0.3 is 0 Å². The molecule has 4 rings (SSSR count). The zero-order valence-electron chi connectivity index (χ0n) is 18.1. The normalized spacial score (nSPS) is 22.1. The van der Waals surface area contributed by atoms with Crippen molar-refractivity contribution in [3.8, 4) is 0 Å². The van der Waals surface area contributed by atoms with Crippen molar-refractivity contribution in [1.82, 2.24) is 14.8 Å². The van der Waals surface area contributed by atoms with Gasteiger partial charge in [-0.15, -0.1) is 0 Å². The summed E-state index contributed by atoms with van der Waals surface area (Å²) in [7, 11) is 0. The molecule has 29 heavy (non-hydrogen) atoms. The van der Waals surface area contributed by atoms with Gasteiger partial charge in [0.2, 0.25) is 0 Å². The molecule has 4 heteroatoms. The van der Waals surface area contributed by atoms with E-state index in [-0.39, 0.29) is 0 Å². The second kappa shape index (κ2) is 9.73. The van der Waals surface area contributed by atoms with Gasteiger partial charge < -0.3 is 5.32 Å². The maximum absolute atomic E-state index is 4.25. The SMILES string of the molecule is CC(C)c1ccc(N[C@@H]2CCCN(C3CCN(Cc4cccnc4)CC3)C2)cc1. The molecule has 1 aromatic carbocycles. The van der Waals surface area contributed by atoms with Gasteiger partial charge in [-0.25, -0.2) is 0 Å². The van der Waals surface area contributed by atoms with Crippen LogP contribution in [0.4, 0.5) is 5.69 Å². The molecule has 3 heterocycles. The van der Waals surface area contributed by atoms with Gasteiger partial charge in [0.25, 0.3) is 0 Å². The summed E-state index contributed by atoms with van der Waals surface area (Å²) < 4.78 is 0. The van der Waals surface area contributed by atoms with E-state index in [9.17, 15) is 0 Å². The van der Waals surface area contributed by atoms with Crippen LogP contribution >= 0.6 is 0 Å². The summed E-state index contributed by atoms with van der Waals surface area (Å²) in [6, 6.07) is 14.6. The molecule has 0 saturated carbocycles. The molecular weight excluding hydrogens is 356 g/mol. The number of rotatable bonds is 6. The van der Waals surface area contributed by atoms with Gasteiger partial charge in [-0.2, -0.15) is 0 Å². The third kappa shape index (κ3) is 5.58. The van der Waals surface area contributed by atoms with E-state index in [0.717, 1.165) is 12.6 Å². The molecule has 2 saturated heterocycles. The van der Waals surface area contributed by atoms with Crippen molar-refractivity contribution in [1.29, 1.82) is 0 Å². The van der Waals surface area contributed by atoms with Crippen LogP contribution in [0.2, 0.25) is 0 Å². The van der Waals surface area contributed by atoms with Crippen molar-refractivity contribution < 1.29 is 0 Å². The Labute approximate surface area is 176 Å². The molecule has 2 aromatic rings. The van der Waals surface area contributed by atoms with Crippen LogP contribution in [0.3, 0.4) is 0 Å². The van der Waals surface area contributed by atoms with Crippen LogP contribution in [0.25, 0.3) is 0 Å². The second-order valence-corrected chi connectivity index (χ2v) is 9.12. The predicted octanol–water partition coefficient (Wildman–Crippen LogP) is 4.75. The summed E-state index contributed by atoms with van der Waals surface area (Å²) in [6.07, 6.45) is 9.02. The Morgan fingerprint density at radius 1 is 1.03 bits per heavy atom.